The van der Waals surface area contributed by atoms with E-state index in [9.17, 15) is 18.0 Å². The molecule has 1 fully saturated rings. The van der Waals surface area contributed by atoms with Gasteiger partial charge < -0.3 is 19.3 Å². The number of anilines is 1. The molecule has 0 radical (unpaired) electrons. The third kappa shape index (κ3) is 6.70. The second-order valence-electron chi connectivity index (χ2n) is 10.9. The van der Waals surface area contributed by atoms with E-state index in [0.29, 0.717) is 53.2 Å². The van der Waals surface area contributed by atoms with Crippen molar-refractivity contribution in [2.45, 2.75) is 24.3 Å². The highest BCUT2D eigenvalue weighted by Crippen LogP contribution is 2.32. The number of rotatable bonds is 9. The second kappa shape index (κ2) is 12.8. The lowest BCUT2D eigenvalue weighted by Gasteiger charge is -2.19. The molecule has 2 amide bonds. The molecule has 0 bridgehead atoms. The van der Waals surface area contributed by atoms with Gasteiger partial charge in [0, 0.05) is 44.3 Å². The van der Waals surface area contributed by atoms with Crippen molar-refractivity contribution in [1.29, 1.82) is 0 Å². The summed E-state index contributed by atoms with van der Waals surface area (Å²) < 4.78 is 41.5. The van der Waals surface area contributed by atoms with E-state index < -0.39 is 10.0 Å². The number of amides is 2. The molecule has 1 aliphatic rings. The SMILES string of the molecule is COc1ccc(-c2cccc(C(=O)N(C)C)c2)cc1S(=O)(=O)Nc1cccc(O[C@H]2CCN(C(=O)c3ccccc3C)C2)c1. The molecule has 1 atom stereocenters. The van der Waals surface area contributed by atoms with Gasteiger partial charge in [-0.2, -0.15) is 0 Å². The molecule has 0 unspecified atom stereocenters. The summed E-state index contributed by atoms with van der Waals surface area (Å²) in [6.07, 6.45) is 0.445. The minimum absolute atomic E-state index is 0.0251. The van der Waals surface area contributed by atoms with E-state index in [-0.39, 0.29) is 28.6 Å². The maximum absolute atomic E-state index is 13.6. The first-order valence-corrected chi connectivity index (χ1v) is 15.7. The van der Waals surface area contributed by atoms with Crippen molar-refractivity contribution in [3.63, 3.8) is 0 Å². The molecule has 1 aliphatic heterocycles. The molecule has 44 heavy (non-hydrogen) atoms. The fourth-order valence-corrected chi connectivity index (χ4v) is 6.43. The van der Waals surface area contributed by atoms with Crippen LogP contribution in [0.4, 0.5) is 5.69 Å². The lowest BCUT2D eigenvalue weighted by Crippen LogP contribution is -2.31. The molecule has 5 rings (SSSR count). The number of hydrogen-bond acceptors (Lipinski definition) is 6. The van der Waals surface area contributed by atoms with Crippen LogP contribution in [0.5, 0.6) is 11.5 Å². The summed E-state index contributed by atoms with van der Waals surface area (Å²) >= 11 is 0. The molecule has 0 aromatic heterocycles. The monoisotopic (exact) mass is 613 g/mol. The Kier molecular flexibility index (Phi) is 8.91. The van der Waals surface area contributed by atoms with Crippen molar-refractivity contribution in [3.05, 3.63) is 108 Å². The van der Waals surface area contributed by atoms with Crippen molar-refractivity contribution in [1.82, 2.24) is 9.80 Å². The lowest BCUT2D eigenvalue weighted by atomic mass is 10.0. The maximum Gasteiger partial charge on any atom is 0.265 e. The van der Waals surface area contributed by atoms with Crippen LogP contribution in [0.2, 0.25) is 0 Å². The van der Waals surface area contributed by atoms with E-state index >= 15 is 0 Å². The Balaban J connectivity index is 1.32. The van der Waals surface area contributed by atoms with Crippen molar-refractivity contribution < 1.29 is 27.5 Å². The Hall–Kier alpha value is -4.83. The van der Waals surface area contributed by atoms with Gasteiger partial charge in [-0.05, 0) is 66.1 Å². The Bertz CT molecular complexity index is 1800. The molecule has 9 nitrogen and oxygen atoms in total. The fraction of sp³-hybridized carbons (Fsp3) is 0.235. The van der Waals surface area contributed by atoms with Gasteiger partial charge in [0.1, 0.15) is 22.5 Å². The summed E-state index contributed by atoms with van der Waals surface area (Å²) in [5.74, 6) is 0.491. The van der Waals surface area contributed by atoms with Crippen LogP contribution in [0.15, 0.2) is 95.9 Å². The normalized spacial score (nSPS) is 14.6. The number of aryl methyl sites for hydroxylation is 1. The van der Waals surface area contributed by atoms with Crippen LogP contribution in [-0.4, -0.2) is 70.4 Å². The van der Waals surface area contributed by atoms with Crippen molar-refractivity contribution >= 4 is 27.5 Å². The van der Waals surface area contributed by atoms with E-state index in [1.165, 1.54) is 18.1 Å². The molecule has 0 aliphatic carbocycles. The van der Waals surface area contributed by atoms with Crippen molar-refractivity contribution in [2.75, 3.05) is 39.0 Å². The first-order valence-electron chi connectivity index (χ1n) is 14.2. The molecule has 4 aromatic rings. The van der Waals surface area contributed by atoms with Gasteiger partial charge in [-0.25, -0.2) is 8.42 Å². The molecule has 1 N–H and O–H groups in total. The molecule has 1 heterocycles. The summed E-state index contributed by atoms with van der Waals surface area (Å²) in [5.41, 5.74) is 3.73. The molecule has 4 aromatic carbocycles. The largest absolute Gasteiger partial charge is 0.495 e. The Morgan fingerprint density at radius 3 is 2.41 bits per heavy atom. The number of hydrogen-bond donors (Lipinski definition) is 1. The minimum atomic E-state index is -4.08. The molecule has 0 saturated carbocycles. The molecule has 10 heteroatoms. The van der Waals surface area contributed by atoms with E-state index in [4.69, 9.17) is 9.47 Å². The first kappa shape index (κ1) is 30.6. The Morgan fingerprint density at radius 2 is 1.66 bits per heavy atom. The number of nitrogens with one attached hydrogen (secondary N) is 1. The van der Waals surface area contributed by atoms with Gasteiger partial charge in [0.2, 0.25) is 0 Å². The lowest BCUT2D eigenvalue weighted by molar-refractivity contribution is 0.0771. The summed E-state index contributed by atoms with van der Waals surface area (Å²) in [7, 11) is 0.677. The molecular weight excluding hydrogens is 578 g/mol. The third-order valence-electron chi connectivity index (χ3n) is 7.50. The quantitative estimate of drug-likeness (QED) is 0.269. The average molecular weight is 614 g/mol. The predicted octanol–water partition coefficient (Wildman–Crippen LogP) is 5.47. The van der Waals surface area contributed by atoms with Crippen LogP contribution >= 0.6 is 0 Å². The van der Waals surface area contributed by atoms with Crippen molar-refractivity contribution in [2.24, 2.45) is 0 Å². The number of likely N-dealkylation sites (tertiary alicyclic amines) is 1. The van der Waals surface area contributed by atoms with Gasteiger partial charge in [0.05, 0.1) is 19.3 Å². The van der Waals surface area contributed by atoms with Crippen LogP contribution in [0.25, 0.3) is 11.1 Å². The van der Waals surface area contributed by atoms with Crippen LogP contribution in [0.3, 0.4) is 0 Å². The van der Waals surface area contributed by atoms with Crippen LogP contribution in [-0.2, 0) is 10.0 Å². The molecular formula is C34H35N3O6S. The smallest absolute Gasteiger partial charge is 0.265 e. The van der Waals surface area contributed by atoms with Gasteiger partial charge in [-0.15, -0.1) is 0 Å². The molecule has 0 spiro atoms. The van der Waals surface area contributed by atoms with Crippen LogP contribution < -0.4 is 14.2 Å². The van der Waals surface area contributed by atoms with Gasteiger partial charge in [0.25, 0.3) is 21.8 Å². The summed E-state index contributed by atoms with van der Waals surface area (Å²) in [4.78, 5) is 28.7. The Morgan fingerprint density at radius 1 is 0.909 bits per heavy atom. The number of carbonyl (C=O) groups is 2. The zero-order chi connectivity index (χ0) is 31.4. The number of benzene rings is 4. The molecule has 228 valence electrons. The predicted molar refractivity (Wildman–Crippen MR) is 170 cm³/mol. The molecule has 1 saturated heterocycles. The van der Waals surface area contributed by atoms with Gasteiger partial charge in [0.15, 0.2) is 0 Å². The highest BCUT2D eigenvalue weighted by Gasteiger charge is 2.29. The van der Waals surface area contributed by atoms with Crippen LogP contribution in [0, 0.1) is 6.92 Å². The number of nitrogens with zero attached hydrogens (tertiary/aromatic N) is 2. The van der Waals surface area contributed by atoms with E-state index in [0.717, 1.165) is 5.56 Å². The van der Waals surface area contributed by atoms with Gasteiger partial charge in [-0.1, -0.05) is 42.5 Å². The summed E-state index contributed by atoms with van der Waals surface area (Å²) in [6, 6.07) is 26.1. The highest BCUT2D eigenvalue weighted by atomic mass is 32.2. The van der Waals surface area contributed by atoms with Gasteiger partial charge >= 0.3 is 0 Å². The topological polar surface area (TPSA) is 105 Å². The van der Waals surface area contributed by atoms with Crippen LogP contribution in [0.1, 0.15) is 32.7 Å². The van der Waals surface area contributed by atoms with E-state index in [2.05, 4.69) is 4.72 Å². The Labute approximate surface area is 258 Å². The van der Waals surface area contributed by atoms with Gasteiger partial charge in [-0.3, -0.25) is 14.3 Å². The van der Waals surface area contributed by atoms with E-state index in [1.54, 1.807) is 73.6 Å². The standard InChI is InChI=1S/C34H35N3O6S/c1-23-9-5-6-14-30(23)34(39)37-18-17-29(22-37)43-28-13-8-12-27(21-28)35-44(40,41)32-20-25(15-16-31(32)42-4)24-10-7-11-26(19-24)33(38)36(2)3/h5-16,19-21,29,35H,17-18,22H2,1-4H3/t29-/m0/s1. The minimum Gasteiger partial charge on any atom is -0.495 e. The number of carbonyl (C=O) groups excluding carboxylic acids is 2. The third-order valence-corrected chi connectivity index (χ3v) is 8.90. The highest BCUT2D eigenvalue weighted by molar-refractivity contribution is 7.92. The fourth-order valence-electron chi connectivity index (χ4n) is 5.18. The van der Waals surface area contributed by atoms with E-state index in [1.807, 2.05) is 37.3 Å². The zero-order valence-electron chi connectivity index (χ0n) is 25.1. The first-order chi connectivity index (χ1) is 21.1. The maximum atomic E-state index is 13.6. The number of ether oxygens (including phenoxy) is 2. The van der Waals surface area contributed by atoms with Crippen molar-refractivity contribution in [3.8, 4) is 22.6 Å². The summed E-state index contributed by atoms with van der Waals surface area (Å²) in [6.45, 7) is 2.93. The zero-order valence-corrected chi connectivity index (χ0v) is 25.9. The second-order valence-corrected chi connectivity index (χ2v) is 12.5. The number of sulfonamides is 1. The number of methoxy groups -OCH3 is 1. The average Bonchev–Trinajstić information content (AvgIpc) is 3.48. The summed E-state index contributed by atoms with van der Waals surface area (Å²) in [5, 5.41) is 0.